The van der Waals surface area contributed by atoms with Gasteiger partial charge >= 0.3 is 0 Å². The van der Waals surface area contributed by atoms with Gasteiger partial charge in [-0.25, -0.2) is 0 Å². The number of nitrogens with zero attached hydrogens (tertiary/aromatic N) is 1. The summed E-state index contributed by atoms with van der Waals surface area (Å²) in [5.74, 6) is 2.38. The van der Waals surface area contributed by atoms with E-state index in [0.29, 0.717) is 29.8 Å². The number of aliphatic hydroxyl groups excluding tert-OH is 1. The lowest BCUT2D eigenvalue weighted by Crippen LogP contribution is -2.21. The normalized spacial score (nSPS) is 23.9. The molecule has 2 aromatic carbocycles. The molecular formula is C27H34NO5P. The number of hydrogen-bond donors (Lipinski definition) is 2. The molecule has 0 saturated heterocycles. The van der Waals surface area contributed by atoms with Gasteiger partial charge in [-0.05, 0) is 91.3 Å². The Morgan fingerprint density at radius 3 is 2.50 bits per heavy atom. The van der Waals surface area contributed by atoms with Crippen LogP contribution in [0.25, 0.3) is 0 Å². The van der Waals surface area contributed by atoms with Gasteiger partial charge in [0.2, 0.25) is 7.37 Å². The molecule has 0 radical (unpaired) electrons. The van der Waals surface area contributed by atoms with Gasteiger partial charge in [-0.1, -0.05) is 18.2 Å². The highest BCUT2D eigenvalue weighted by Gasteiger charge is 2.47. The van der Waals surface area contributed by atoms with Gasteiger partial charge in [0, 0.05) is 6.66 Å². The van der Waals surface area contributed by atoms with E-state index in [9.17, 15) is 19.8 Å². The summed E-state index contributed by atoms with van der Waals surface area (Å²) in [5.41, 5.74) is 2.75. The molecule has 4 rings (SSSR count). The van der Waals surface area contributed by atoms with Crippen LogP contribution in [0.5, 0.6) is 11.5 Å². The molecule has 7 heteroatoms. The first-order valence-electron chi connectivity index (χ1n) is 12.0. The molecule has 2 saturated carbocycles. The van der Waals surface area contributed by atoms with E-state index in [2.05, 4.69) is 18.2 Å². The van der Waals surface area contributed by atoms with E-state index in [-0.39, 0.29) is 11.6 Å². The summed E-state index contributed by atoms with van der Waals surface area (Å²) in [7, 11) is -1.62. The molecule has 2 atom stereocenters. The van der Waals surface area contributed by atoms with E-state index in [0.717, 1.165) is 44.3 Å². The molecule has 34 heavy (non-hydrogen) atoms. The zero-order valence-corrected chi connectivity index (χ0v) is 20.8. The van der Waals surface area contributed by atoms with Crippen molar-refractivity contribution >= 4 is 7.37 Å². The third-order valence-corrected chi connectivity index (χ3v) is 8.29. The third-order valence-electron chi connectivity index (χ3n) is 7.27. The van der Waals surface area contributed by atoms with Crippen molar-refractivity contribution in [2.45, 2.75) is 56.0 Å². The number of hydrogen-bond acceptors (Lipinski definition) is 5. The molecular weight excluding hydrogens is 449 g/mol. The van der Waals surface area contributed by atoms with E-state index >= 15 is 0 Å². The number of methoxy groups -OCH3 is 1. The predicted molar refractivity (Wildman–Crippen MR) is 132 cm³/mol. The molecule has 0 amide bonds. The molecule has 2 aromatic rings. The molecule has 2 aliphatic carbocycles. The highest BCUT2D eigenvalue weighted by Crippen LogP contribution is 2.52. The Bertz CT molecular complexity index is 1090. The van der Waals surface area contributed by atoms with Crippen LogP contribution in [0, 0.1) is 17.2 Å². The topological polar surface area (TPSA) is 99.8 Å². The van der Waals surface area contributed by atoms with E-state index in [4.69, 9.17) is 9.47 Å². The average Bonchev–Trinajstić information content (AvgIpc) is 3.63. The van der Waals surface area contributed by atoms with Gasteiger partial charge in [0.05, 0.1) is 37.5 Å². The van der Waals surface area contributed by atoms with Crippen molar-refractivity contribution in [3.8, 4) is 17.6 Å². The molecule has 0 aromatic heterocycles. The van der Waals surface area contributed by atoms with Crippen LogP contribution in [0.4, 0.5) is 0 Å². The summed E-state index contributed by atoms with van der Waals surface area (Å²) in [6, 6.07) is 15.9. The Hall–Kier alpha value is -2.32. The fourth-order valence-electron chi connectivity index (χ4n) is 5.10. The van der Waals surface area contributed by atoms with Crippen molar-refractivity contribution in [3.63, 3.8) is 0 Å². The highest BCUT2D eigenvalue weighted by atomic mass is 31.2. The second-order valence-electron chi connectivity index (χ2n) is 10.00. The maximum Gasteiger partial charge on any atom is 0.200 e. The maximum absolute atomic E-state index is 11.6. The summed E-state index contributed by atoms with van der Waals surface area (Å²) in [6.07, 6.45) is 4.93. The molecule has 2 fully saturated rings. The van der Waals surface area contributed by atoms with Crippen LogP contribution in [0.15, 0.2) is 42.5 Å². The molecule has 1 unspecified atom stereocenters. The maximum atomic E-state index is 11.6. The molecule has 0 spiro atoms. The van der Waals surface area contributed by atoms with Gasteiger partial charge in [0.15, 0.2) is 0 Å². The van der Waals surface area contributed by atoms with Crippen molar-refractivity contribution in [2.75, 3.05) is 26.5 Å². The van der Waals surface area contributed by atoms with Crippen molar-refractivity contribution in [2.24, 2.45) is 5.92 Å². The lowest BCUT2D eigenvalue weighted by molar-refractivity contribution is 0.191. The van der Waals surface area contributed by atoms with Gasteiger partial charge in [0.25, 0.3) is 0 Å². The van der Waals surface area contributed by atoms with Gasteiger partial charge < -0.3 is 19.5 Å². The fraction of sp³-hybridized carbons (Fsp3) is 0.519. The van der Waals surface area contributed by atoms with Crippen LogP contribution in [0.2, 0.25) is 0 Å². The lowest BCUT2D eigenvalue weighted by Gasteiger charge is -2.31. The smallest absolute Gasteiger partial charge is 0.200 e. The van der Waals surface area contributed by atoms with Crippen molar-refractivity contribution in [3.05, 3.63) is 59.2 Å². The number of nitriles is 1. The van der Waals surface area contributed by atoms with Crippen LogP contribution >= 0.6 is 7.37 Å². The molecule has 0 bridgehead atoms. The fourth-order valence-corrected chi connectivity index (χ4v) is 5.95. The van der Waals surface area contributed by atoms with E-state index in [1.165, 1.54) is 17.8 Å². The Labute approximate surface area is 202 Å². The standard InChI is InChI=1S/C27H34NO5P/c1-32-22-10-11-25(27(18-28)12-13-27)24(15-22)20-8-6-19(7-9-20)16-33-23-5-3-4-21(14-23)26(29)17-34(2,30)31/h3-5,10-11,14-15,19-20,26,29H,6-9,12-13,16-17H2,1-2H3,(H,30,31)/t19?,20?,26-/m1/s1. The molecule has 0 heterocycles. The molecule has 2 N–H and O–H groups in total. The first-order valence-corrected chi connectivity index (χ1v) is 14.3. The first-order chi connectivity index (χ1) is 16.2. The number of benzene rings is 2. The Morgan fingerprint density at radius 1 is 1.15 bits per heavy atom. The zero-order valence-electron chi connectivity index (χ0n) is 19.9. The first kappa shape index (κ1) is 24.8. The van der Waals surface area contributed by atoms with Gasteiger partial charge in [-0.15, -0.1) is 0 Å². The minimum atomic E-state index is -3.31. The zero-order chi connectivity index (χ0) is 24.3. The number of aliphatic hydroxyl groups is 1. The van der Waals surface area contributed by atoms with Crippen molar-refractivity contribution < 1.29 is 24.0 Å². The minimum absolute atomic E-state index is 0.167. The van der Waals surface area contributed by atoms with Crippen LogP contribution in [0.3, 0.4) is 0 Å². The van der Waals surface area contributed by atoms with Crippen LogP contribution in [0.1, 0.15) is 67.2 Å². The number of rotatable bonds is 9. The second-order valence-corrected chi connectivity index (χ2v) is 12.5. The third kappa shape index (κ3) is 5.84. The predicted octanol–water partition coefficient (Wildman–Crippen LogP) is 5.54. The Kier molecular flexibility index (Phi) is 7.38. The Balaban J connectivity index is 1.36. The summed E-state index contributed by atoms with van der Waals surface area (Å²) in [6.45, 7) is 1.86. The van der Waals surface area contributed by atoms with E-state index < -0.39 is 13.5 Å². The van der Waals surface area contributed by atoms with Gasteiger partial charge in [0.1, 0.15) is 11.5 Å². The van der Waals surface area contributed by atoms with Crippen molar-refractivity contribution in [1.82, 2.24) is 0 Å². The summed E-state index contributed by atoms with van der Waals surface area (Å²) in [4.78, 5) is 9.55. The summed E-state index contributed by atoms with van der Waals surface area (Å²) in [5, 5.41) is 20.0. The molecule has 2 aliphatic rings. The quantitative estimate of drug-likeness (QED) is 0.455. The highest BCUT2D eigenvalue weighted by molar-refractivity contribution is 7.57. The molecule has 0 aliphatic heterocycles. The Morgan fingerprint density at radius 2 is 1.88 bits per heavy atom. The van der Waals surface area contributed by atoms with Crippen LogP contribution < -0.4 is 9.47 Å². The largest absolute Gasteiger partial charge is 0.497 e. The average molecular weight is 484 g/mol. The summed E-state index contributed by atoms with van der Waals surface area (Å²) >= 11 is 0. The molecule has 6 nitrogen and oxygen atoms in total. The van der Waals surface area contributed by atoms with Gasteiger partial charge in [-0.3, -0.25) is 4.57 Å². The van der Waals surface area contributed by atoms with Crippen molar-refractivity contribution in [1.29, 1.82) is 5.26 Å². The second kappa shape index (κ2) is 10.1. The minimum Gasteiger partial charge on any atom is -0.497 e. The lowest BCUT2D eigenvalue weighted by atomic mass is 9.75. The monoisotopic (exact) mass is 483 g/mol. The molecule has 182 valence electrons. The van der Waals surface area contributed by atoms with Crippen LogP contribution in [-0.2, 0) is 9.98 Å². The van der Waals surface area contributed by atoms with Crippen LogP contribution in [-0.4, -0.2) is 36.5 Å². The number of ether oxygens (including phenoxy) is 2. The summed E-state index contributed by atoms with van der Waals surface area (Å²) < 4.78 is 23.1. The SMILES string of the molecule is COc1ccc(C2(C#N)CC2)c(C2CCC(COc3cccc([C@H](O)CP(C)(=O)O)c3)CC2)c1. The van der Waals surface area contributed by atoms with Gasteiger partial charge in [-0.2, -0.15) is 5.26 Å². The van der Waals surface area contributed by atoms with E-state index in [1.54, 1.807) is 25.3 Å². The van der Waals surface area contributed by atoms with E-state index in [1.807, 2.05) is 12.1 Å².